The molecule has 2 aliphatic heterocycles. The van der Waals surface area contributed by atoms with Gasteiger partial charge in [-0.15, -0.1) is 0 Å². The molecule has 4 rings (SSSR count). The number of carbonyl (C=O) groups excluding carboxylic acids is 4. The highest BCUT2D eigenvalue weighted by Crippen LogP contribution is 2.35. The van der Waals surface area contributed by atoms with Crippen molar-refractivity contribution in [2.75, 3.05) is 27.4 Å². The highest BCUT2D eigenvalue weighted by Gasteiger charge is 2.35. The third kappa shape index (κ3) is 5.85. The average Bonchev–Trinajstić information content (AvgIpc) is 2.94. The number of carbonyl (C=O) groups is 4. The summed E-state index contributed by atoms with van der Waals surface area (Å²) in [5.74, 6) is -0.272. The summed E-state index contributed by atoms with van der Waals surface area (Å²) in [6.45, 7) is 3.47. The Morgan fingerprint density at radius 2 is 1.05 bits per heavy atom. The van der Waals surface area contributed by atoms with E-state index in [1.165, 1.54) is 14.2 Å². The fourth-order valence-electron chi connectivity index (χ4n) is 4.62. The van der Waals surface area contributed by atoms with E-state index in [2.05, 4.69) is 21.3 Å². The Morgan fingerprint density at radius 3 is 1.43 bits per heavy atom. The van der Waals surface area contributed by atoms with E-state index in [1.807, 2.05) is 0 Å². The maximum Gasteiger partial charge on any atom is 0.337 e. The second-order valence-corrected chi connectivity index (χ2v) is 8.90. The van der Waals surface area contributed by atoms with Crippen molar-refractivity contribution in [3.8, 4) is 11.5 Å². The van der Waals surface area contributed by atoms with E-state index in [0.29, 0.717) is 34.0 Å². The molecule has 0 saturated heterocycles. The van der Waals surface area contributed by atoms with Gasteiger partial charge >= 0.3 is 24.0 Å². The lowest BCUT2D eigenvalue weighted by molar-refractivity contribution is -0.137. The van der Waals surface area contributed by atoms with Gasteiger partial charge in [0, 0.05) is 22.5 Å². The van der Waals surface area contributed by atoms with E-state index in [0.717, 1.165) is 0 Å². The molecule has 0 aromatic heterocycles. The summed E-state index contributed by atoms with van der Waals surface area (Å²) in [5, 5.41) is 10.7. The number of nitrogens with one attached hydrogen (secondary N) is 4. The summed E-state index contributed by atoms with van der Waals surface area (Å²) in [6, 6.07) is 11.6. The molecule has 40 heavy (non-hydrogen) atoms. The van der Waals surface area contributed by atoms with E-state index in [9.17, 15) is 19.2 Å². The minimum Gasteiger partial charge on any atom is -0.490 e. The molecule has 4 amide bonds. The number of amides is 4. The zero-order valence-electron chi connectivity index (χ0n) is 22.5. The molecule has 0 aliphatic carbocycles. The lowest BCUT2D eigenvalue weighted by Gasteiger charge is -2.29. The van der Waals surface area contributed by atoms with Gasteiger partial charge < -0.3 is 40.2 Å². The molecule has 0 unspecified atom stereocenters. The summed E-state index contributed by atoms with van der Waals surface area (Å²) in [5.41, 5.74) is 2.43. The largest absolute Gasteiger partial charge is 0.490 e. The van der Waals surface area contributed by atoms with Crippen molar-refractivity contribution in [3.05, 3.63) is 82.2 Å². The van der Waals surface area contributed by atoms with E-state index in [-0.39, 0.29) is 24.4 Å². The number of esters is 2. The Bertz CT molecular complexity index is 1290. The van der Waals surface area contributed by atoms with E-state index in [4.69, 9.17) is 18.9 Å². The molecule has 2 heterocycles. The van der Waals surface area contributed by atoms with Crippen LogP contribution in [0.2, 0.25) is 0 Å². The van der Waals surface area contributed by atoms with Crippen LogP contribution in [0.1, 0.15) is 37.1 Å². The molecule has 2 aliphatic rings. The second-order valence-electron chi connectivity index (χ2n) is 8.90. The first-order valence-corrected chi connectivity index (χ1v) is 12.4. The van der Waals surface area contributed by atoms with Crippen LogP contribution in [0.25, 0.3) is 0 Å². The van der Waals surface area contributed by atoms with Crippen molar-refractivity contribution in [1.29, 1.82) is 0 Å². The van der Waals surface area contributed by atoms with Gasteiger partial charge in [0.1, 0.15) is 24.7 Å². The number of urea groups is 2. The van der Waals surface area contributed by atoms with Crippen molar-refractivity contribution in [3.63, 3.8) is 0 Å². The SMILES string of the molecule is COC(=O)C1=C(C)NC(=O)N[C@H]1c1ccccc1OCCOc1ccccc1[C@H]1NC(=O)NC(C)=C1C(=O)OC. The first-order chi connectivity index (χ1) is 19.2. The second kappa shape index (κ2) is 12.2. The Morgan fingerprint density at radius 1 is 0.675 bits per heavy atom. The van der Waals surface area contributed by atoms with Crippen molar-refractivity contribution in [1.82, 2.24) is 21.3 Å². The van der Waals surface area contributed by atoms with Gasteiger partial charge in [0.05, 0.1) is 37.4 Å². The molecule has 0 saturated carbocycles. The minimum atomic E-state index is -0.783. The Balaban J connectivity index is 1.51. The number of rotatable bonds is 9. The molecule has 0 radical (unpaired) electrons. The zero-order valence-corrected chi connectivity index (χ0v) is 22.5. The number of allylic oxidation sites excluding steroid dienone is 2. The van der Waals surface area contributed by atoms with E-state index < -0.39 is 36.1 Å². The number of para-hydroxylation sites is 2. The van der Waals surface area contributed by atoms with Gasteiger partial charge in [-0.05, 0) is 26.0 Å². The quantitative estimate of drug-likeness (QED) is 0.275. The van der Waals surface area contributed by atoms with Crippen LogP contribution >= 0.6 is 0 Å². The van der Waals surface area contributed by atoms with Crippen molar-refractivity contribution in [2.24, 2.45) is 0 Å². The maximum absolute atomic E-state index is 12.5. The molecule has 2 atom stereocenters. The van der Waals surface area contributed by atoms with Crippen LogP contribution in [0.15, 0.2) is 71.1 Å². The van der Waals surface area contributed by atoms with Crippen LogP contribution in [0.5, 0.6) is 11.5 Å². The first kappa shape index (κ1) is 28.0. The predicted octanol–water partition coefficient (Wildman–Crippen LogP) is 2.75. The van der Waals surface area contributed by atoms with Gasteiger partial charge in [0.15, 0.2) is 0 Å². The van der Waals surface area contributed by atoms with Crippen LogP contribution in [0.4, 0.5) is 9.59 Å². The summed E-state index contributed by atoms with van der Waals surface area (Å²) < 4.78 is 21.9. The van der Waals surface area contributed by atoms with Crippen LogP contribution < -0.4 is 30.7 Å². The molecule has 4 N–H and O–H groups in total. The number of hydrogen-bond donors (Lipinski definition) is 4. The smallest absolute Gasteiger partial charge is 0.337 e. The van der Waals surface area contributed by atoms with E-state index in [1.54, 1.807) is 62.4 Å². The van der Waals surface area contributed by atoms with Gasteiger partial charge in [0.2, 0.25) is 0 Å². The Hall–Kier alpha value is -5.00. The summed E-state index contributed by atoms with van der Waals surface area (Å²) >= 11 is 0. The van der Waals surface area contributed by atoms with Gasteiger partial charge in [-0.2, -0.15) is 0 Å². The lowest BCUT2D eigenvalue weighted by Crippen LogP contribution is -2.45. The number of hydrogen-bond acceptors (Lipinski definition) is 8. The number of ether oxygens (including phenoxy) is 4. The highest BCUT2D eigenvalue weighted by atomic mass is 16.5. The van der Waals surface area contributed by atoms with Gasteiger partial charge in [-0.25, -0.2) is 19.2 Å². The Labute approximate surface area is 230 Å². The molecule has 210 valence electrons. The van der Waals surface area contributed by atoms with Crippen molar-refractivity contribution >= 4 is 24.0 Å². The molecular weight excluding hydrogens is 520 g/mol. The number of methoxy groups -OCH3 is 2. The molecule has 0 bridgehead atoms. The van der Waals surface area contributed by atoms with Gasteiger partial charge in [0.25, 0.3) is 0 Å². The summed E-state index contributed by atoms with van der Waals surface area (Å²) in [7, 11) is 2.54. The fourth-order valence-corrected chi connectivity index (χ4v) is 4.62. The molecule has 2 aromatic carbocycles. The minimum absolute atomic E-state index is 0.109. The van der Waals surface area contributed by atoms with E-state index >= 15 is 0 Å². The van der Waals surface area contributed by atoms with Crippen molar-refractivity contribution < 1.29 is 38.1 Å². The molecule has 2 aromatic rings. The molecule has 0 spiro atoms. The third-order valence-corrected chi connectivity index (χ3v) is 6.41. The standard InChI is InChI=1S/C28H30N4O8/c1-15-21(25(33)37-3)23(31-27(35)29-15)17-9-5-7-11-19(17)39-13-14-40-20-12-8-6-10-18(20)24-22(26(34)38-4)16(2)30-28(36)32-24/h5-12,23-24H,13-14H2,1-4H3,(H2,29,31,35)(H2,30,32,36)/t23-,24+. The van der Waals surface area contributed by atoms with Crippen molar-refractivity contribution in [2.45, 2.75) is 25.9 Å². The van der Waals surface area contributed by atoms with Gasteiger partial charge in [-0.1, -0.05) is 36.4 Å². The van der Waals surface area contributed by atoms with Crippen LogP contribution in [0, 0.1) is 0 Å². The number of benzene rings is 2. The molecule has 0 fully saturated rings. The summed E-state index contributed by atoms with van der Waals surface area (Å²) in [4.78, 5) is 49.4. The zero-order chi connectivity index (χ0) is 28.8. The lowest BCUT2D eigenvalue weighted by atomic mass is 9.95. The molecule has 12 heteroatoms. The highest BCUT2D eigenvalue weighted by molar-refractivity contribution is 5.96. The maximum atomic E-state index is 12.5. The van der Waals surface area contributed by atoms with Crippen LogP contribution in [-0.4, -0.2) is 51.4 Å². The first-order valence-electron chi connectivity index (χ1n) is 12.4. The van der Waals surface area contributed by atoms with Crippen LogP contribution in [0.3, 0.4) is 0 Å². The fraction of sp³-hybridized carbons (Fsp3) is 0.286. The summed E-state index contributed by atoms with van der Waals surface area (Å²) in [6.07, 6.45) is 0. The Kier molecular flexibility index (Phi) is 8.57. The van der Waals surface area contributed by atoms with Gasteiger partial charge in [-0.3, -0.25) is 0 Å². The predicted molar refractivity (Wildman–Crippen MR) is 142 cm³/mol. The molecular formula is C28H30N4O8. The van der Waals surface area contributed by atoms with Crippen LogP contribution in [-0.2, 0) is 19.1 Å². The molecule has 12 nitrogen and oxygen atoms in total. The monoisotopic (exact) mass is 550 g/mol. The third-order valence-electron chi connectivity index (χ3n) is 6.41. The topological polar surface area (TPSA) is 153 Å². The average molecular weight is 551 g/mol. The normalized spacial score (nSPS) is 18.6.